The fourth-order valence-corrected chi connectivity index (χ4v) is 3.09. The van der Waals surface area contributed by atoms with Crippen LogP contribution in [0.1, 0.15) is 0 Å². The molecule has 0 aliphatic heterocycles. The maximum absolute atomic E-state index is 10.3. The fourth-order valence-electron chi connectivity index (χ4n) is 2.93. The van der Waals surface area contributed by atoms with E-state index in [1.54, 1.807) is 7.11 Å². The Kier molecular flexibility index (Phi) is 4.43. The SMILES string of the molecule is COc1ccc(NC(=S)N=Nc2c(O)[nH]c3c2ccc2ccccc23)cc1. The van der Waals surface area contributed by atoms with E-state index in [0.29, 0.717) is 5.69 Å². The lowest BCUT2D eigenvalue weighted by molar-refractivity contribution is 0.415. The highest BCUT2D eigenvalue weighted by molar-refractivity contribution is 7.80. The minimum absolute atomic E-state index is 0.0441. The predicted molar refractivity (Wildman–Crippen MR) is 111 cm³/mol. The van der Waals surface area contributed by atoms with Crippen LogP contribution >= 0.6 is 12.2 Å². The van der Waals surface area contributed by atoms with Gasteiger partial charge in [-0.25, -0.2) is 0 Å². The molecular formula is C20H16N4O2S. The average Bonchev–Trinajstić information content (AvgIpc) is 3.02. The summed E-state index contributed by atoms with van der Waals surface area (Å²) in [5, 5.41) is 24.5. The highest BCUT2D eigenvalue weighted by Gasteiger charge is 2.12. The number of thiocarbonyl (C=S) groups is 1. The molecule has 0 amide bonds. The molecule has 7 heteroatoms. The monoisotopic (exact) mass is 376 g/mol. The molecule has 1 aromatic heterocycles. The topological polar surface area (TPSA) is 82.0 Å². The third kappa shape index (κ3) is 3.32. The molecule has 0 saturated heterocycles. The van der Waals surface area contributed by atoms with Crippen molar-refractivity contribution in [1.29, 1.82) is 0 Å². The minimum atomic E-state index is -0.0441. The number of nitrogens with zero attached hydrogens (tertiary/aromatic N) is 2. The van der Waals surface area contributed by atoms with Gasteiger partial charge in [0.1, 0.15) is 5.75 Å². The van der Waals surface area contributed by atoms with Crippen molar-refractivity contribution in [2.75, 3.05) is 12.4 Å². The summed E-state index contributed by atoms with van der Waals surface area (Å²) in [6.07, 6.45) is 0. The second-order valence-electron chi connectivity index (χ2n) is 5.89. The zero-order chi connectivity index (χ0) is 18.8. The molecule has 4 aromatic rings. The Morgan fingerprint density at radius 1 is 1.04 bits per heavy atom. The number of ether oxygens (including phenoxy) is 1. The molecule has 0 fully saturated rings. The zero-order valence-electron chi connectivity index (χ0n) is 14.4. The summed E-state index contributed by atoms with van der Waals surface area (Å²) in [6, 6.07) is 19.1. The Labute approximate surface area is 160 Å². The molecule has 3 aromatic carbocycles. The Bertz CT molecular complexity index is 1170. The van der Waals surface area contributed by atoms with Gasteiger partial charge in [-0.1, -0.05) is 30.3 Å². The van der Waals surface area contributed by atoms with Gasteiger partial charge in [-0.15, -0.1) is 10.2 Å². The first-order chi connectivity index (χ1) is 13.2. The first-order valence-corrected chi connectivity index (χ1v) is 8.65. The van der Waals surface area contributed by atoms with E-state index in [4.69, 9.17) is 17.0 Å². The molecule has 6 nitrogen and oxygen atoms in total. The molecule has 0 unspecified atom stereocenters. The largest absolute Gasteiger partial charge is 0.497 e. The van der Waals surface area contributed by atoms with E-state index in [2.05, 4.69) is 20.5 Å². The van der Waals surface area contributed by atoms with Gasteiger partial charge < -0.3 is 20.1 Å². The molecule has 0 atom stereocenters. The van der Waals surface area contributed by atoms with Crippen LogP contribution in [-0.2, 0) is 0 Å². The minimum Gasteiger partial charge on any atom is -0.497 e. The number of hydrogen-bond donors (Lipinski definition) is 3. The van der Waals surface area contributed by atoms with Crippen molar-refractivity contribution in [3.8, 4) is 11.6 Å². The van der Waals surface area contributed by atoms with E-state index in [9.17, 15) is 5.11 Å². The fraction of sp³-hybridized carbons (Fsp3) is 0.0500. The number of methoxy groups -OCH3 is 1. The smallest absolute Gasteiger partial charge is 0.218 e. The van der Waals surface area contributed by atoms with E-state index in [0.717, 1.165) is 33.1 Å². The number of hydrogen-bond acceptors (Lipinski definition) is 4. The van der Waals surface area contributed by atoms with Crippen molar-refractivity contribution in [2.24, 2.45) is 10.2 Å². The van der Waals surface area contributed by atoms with Crippen molar-refractivity contribution < 1.29 is 9.84 Å². The zero-order valence-corrected chi connectivity index (χ0v) is 15.2. The number of anilines is 1. The molecule has 0 radical (unpaired) electrons. The van der Waals surface area contributed by atoms with Crippen LogP contribution < -0.4 is 10.1 Å². The predicted octanol–water partition coefficient (Wildman–Crippen LogP) is 5.52. The van der Waals surface area contributed by atoms with Gasteiger partial charge in [0.15, 0.2) is 5.69 Å². The normalized spacial score (nSPS) is 11.3. The van der Waals surface area contributed by atoms with Gasteiger partial charge in [0, 0.05) is 16.5 Å². The van der Waals surface area contributed by atoms with Crippen LogP contribution in [0.3, 0.4) is 0 Å². The number of aromatic hydroxyl groups is 1. The summed E-state index contributed by atoms with van der Waals surface area (Å²) >= 11 is 5.22. The summed E-state index contributed by atoms with van der Waals surface area (Å²) in [6.45, 7) is 0. The summed E-state index contributed by atoms with van der Waals surface area (Å²) in [5.41, 5.74) is 1.94. The summed E-state index contributed by atoms with van der Waals surface area (Å²) in [7, 11) is 1.61. The molecule has 0 aliphatic rings. The highest BCUT2D eigenvalue weighted by Crippen LogP contribution is 2.38. The van der Waals surface area contributed by atoms with Crippen LogP contribution in [0, 0.1) is 0 Å². The van der Waals surface area contributed by atoms with Crippen molar-refractivity contribution in [1.82, 2.24) is 4.98 Å². The van der Waals surface area contributed by atoms with E-state index in [1.807, 2.05) is 60.7 Å². The standard InChI is InChI=1S/C20H16N4O2S/c1-26-14-9-7-13(8-10-14)21-20(27)24-23-18-16-11-6-12-4-2-3-5-15(12)17(16)22-19(18)25/h2-11,22,25H,1H3,(H,21,27). The quantitative estimate of drug-likeness (QED) is 0.325. The number of benzene rings is 3. The first kappa shape index (κ1) is 17.0. The molecule has 3 N–H and O–H groups in total. The lowest BCUT2D eigenvalue weighted by Crippen LogP contribution is -2.04. The third-order valence-electron chi connectivity index (χ3n) is 4.23. The van der Waals surface area contributed by atoms with Gasteiger partial charge in [-0.2, -0.15) is 0 Å². The molecule has 4 rings (SSSR count). The van der Waals surface area contributed by atoms with Crippen LogP contribution in [0.25, 0.3) is 21.7 Å². The van der Waals surface area contributed by atoms with Crippen molar-refractivity contribution in [3.63, 3.8) is 0 Å². The van der Waals surface area contributed by atoms with E-state index < -0.39 is 0 Å². The van der Waals surface area contributed by atoms with Gasteiger partial charge in [0.05, 0.1) is 12.6 Å². The number of aromatic amines is 1. The lowest BCUT2D eigenvalue weighted by Gasteiger charge is -2.04. The molecule has 0 aliphatic carbocycles. The highest BCUT2D eigenvalue weighted by atomic mass is 32.1. The van der Waals surface area contributed by atoms with E-state index in [1.165, 1.54) is 0 Å². The summed E-state index contributed by atoms with van der Waals surface area (Å²) < 4.78 is 5.12. The second kappa shape index (κ2) is 7.05. The van der Waals surface area contributed by atoms with Crippen molar-refractivity contribution >= 4 is 50.4 Å². The Morgan fingerprint density at radius 2 is 1.81 bits per heavy atom. The first-order valence-electron chi connectivity index (χ1n) is 8.25. The van der Waals surface area contributed by atoms with Crippen LogP contribution in [0.15, 0.2) is 70.9 Å². The summed E-state index contributed by atoms with van der Waals surface area (Å²) in [4.78, 5) is 2.98. The van der Waals surface area contributed by atoms with Gasteiger partial charge in [-0.05, 0) is 47.9 Å². The van der Waals surface area contributed by atoms with Crippen molar-refractivity contribution in [2.45, 2.75) is 0 Å². The van der Waals surface area contributed by atoms with Crippen LogP contribution in [0.4, 0.5) is 11.4 Å². The Morgan fingerprint density at radius 3 is 2.59 bits per heavy atom. The van der Waals surface area contributed by atoms with E-state index >= 15 is 0 Å². The van der Waals surface area contributed by atoms with Crippen LogP contribution in [-0.4, -0.2) is 22.3 Å². The molecule has 134 valence electrons. The summed E-state index contributed by atoms with van der Waals surface area (Å²) in [5.74, 6) is 0.710. The Hall–Kier alpha value is -3.45. The molecule has 0 saturated carbocycles. The molecule has 1 heterocycles. The van der Waals surface area contributed by atoms with E-state index in [-0.39, 0.29) is 11.0 Å². The third-order valence-corrected chi connectivity index (χ3v) is 4.42. The maximum atomic E-state index is 10.3. The number of fused-ring (bicyclic) bond motifs is 3. The number of nitrogens with one attached hydrogen (secondary N) is 2. The maximum Gasteiger partial charge on any atom is 0.218 e. The Balaban J connectivity index is 1.61. The van der Waals surface area contributed by atoms with Gasteiger partial charge >= 0.3 is 0 Å². The number of azo groups is 1. The van der Waals surface area contributed by atoms with Gasteiger partial charge in [-0.3, -0.25) is 0 Å². The number of H-pyrrole nitrogens is 1. The van der Waals surface area contributed by atoms with Crippen LogP contribution in [0.5, 0.6) is 11.6 Å². The molecular weight excluding hydrogens is 360 g/mol. The molecule has 27 heavy (non-hydrogen) atoms. The van der Waals surface area contributed by atoms with Crippen LogP contribution in [0.2, 0.25) is 0 Å². The number of aromatic nitrogens is 1. The molecule has 0 spiro atoms. The number of rotatable bonds is 3. The van der Waals surface area contributed by atoms with Gasteiger partial charge in [0.25, 0.3) is 0 Å². The molecule has 0 bridgehead atoms. The second-order valence-corrected chi connectivity index (χ2v) is 6.28. The average molecular weight is 376 g/mol. The van der Waals surface area contributed by atoms with Crippen molar-refractivity contribution in [3.05, 3.63) is 60.7 Å². The van der Waals surface area contributed by atoms with Gasteiger partial charge in [0.2, 0.25) is 11.0 Å². The lowest BCUT2D eigenvalue weighted by atomic mass is 10.1.